The lowest BCUT2D eigenvalue weighted by Gasteiger charge is -2.32. The molecule has 4 rings (SSSR count). The molecule has 0 N–H and O–H groups in total. The highest BCUT2D eigenvalue weighted by molar-refractivity contribution is 5.69. The summed E-state index contributed by atoms with van der Waals surface area (Å²) in [6, 6.07) is -2.48. The Balaban J connectivity index is 1.34. The molecule has 0 spiro atoms. The number of carbonyl (C=O) groups is 1. The van der Waals surface area contributed by atoms with Gasteiger partial charge in [0.05, 0.1) is 38.3 Å². The van der Waals surface area contributed by atoms with E-state index in [9.17, 15) is 22.4 Å². The number of nitrogens with zero attached hydrogens (tertiary/aromatic N) is 3. The molecule has 3 fully saturated rings. The number of hydrogen-bond acceptors (Lipinski definition) is 5. The van der Waals surface area contributed by atoms with Crippen molar-refractivity contribution in [1.82, 2.24) is 14.9 Å². The van der Waals surface area contributed by atoms with Crippen LogP contribution in [0.5, 0.6) is 0 Å². The first-order valence-electron chi connectivity index (χ1n) is 9.77. The van der Waals surface area contributed by atoms with Crippen molar-refractivity contribution in [2.45, 2.75) is 68.3 Å². The number of carbonyl (C=O) groups excluding carboxylic acids is 1. The Kier molecular flexibility index (Phi) is 5.16. The van der Waals surface area contributed by atoms with E-state index in [0.717, 1.165) is 37.7 Å². The van der Waals surface area contributed by atoms with Gasteiger partial charge in [0, 0.05) is 5.41 Å². The van der Waals surface area contributed by atoms with Gasteiger partial charge in [0.25, 0.3) is 0 Å². The third kappa shape index (κ3) is 3.78. The second kappa shape index (κ2) is 7.37. The fraction of sp³-hybridized carbons (Fsp3) is 0.737. The average Bonchev–Trinajstić information content (AvgIpc) is 3.25. The third-order valence-corrected chi connectivity index (χ3v) is 6.55. The SMILES string of the molecule is COC(=O)N1C(COC2CCC3(c4ncc(F)cn4)CC3C2)CCC1C(F)(F)F. The Morgan fingerprint density at radius 1 is 1.28 bits per heavy atom. The van der Waals surface area contributed by atoms with Crippen LogP contribution in [-0.4, -0.2) is 59.0 Å². The predicted molar refractivity (Wildman–Crippen MR) is 92.5 cm³/mol. The zero-order valence-corrected chi connectivity index (χ0v) is 16.0. The molecule has 160 valence electrons. The largest absolute Gasteiger partial charge is 0.453 e. The van der Waals surface area contributed by atoms with Gasteiger partial charge in [0.15, 0.2) is 5.82 Å². The van der Waals surface area contributed by atoms with E-state index in [-0.39, 0.29) is 31.0 Å². The Bertz CT molecular complexity index is 760. The van der Waals surface area contributed by atoms with Crippen molar-refractivity contribution < 1.29 is 31.8 Å². The van der Waals surface area contributed by atoms with Gasteiger partial charge >= 0.3 is 12.3 Å². The van der Waals surface area contributed by atoms with Crippen LogP contribution in [0, 0.1) is 11.7 Å². The maximum Gasteiger partial charge on any atom is 0.410 e. The summed E-state index contributed by atoms with van der Waals surface area (Å²) in [5.41, 5.74) is -0.125. The Morgan fingerprint density at radius 2 is 2.00 bits per heavy atom. The highest BCUT2D eigenvalue weighted by Crippen LogP contribution is 2.61. The molecule has 10 heteroatoms. The van der Waals surface area contributed by atoms with Crippen LogP contribution in [0.25, 0.3) is 0 Å². The molecule has 2 heterocycles. The standard InChI is InChI=1S/C19H23F4N3O3/c1-28-17(27)26-13(2-3-15(26)19(21,22)23)10-29-14-4-5-18(7-11(18)6-14)16-24-8-12(20)9-25-16/h8-9,11,13-15H,2-7,10H2,1H3. The first-order valence-corrected chi connectivity index (χ1v) is 9.77. The van der Waals surface area contributed by atoms with E-state index in [1.165, 1.54) is 12.4 Å². The van der Waals surface area contributed by atoms with Gasteiger partial charge in [0.2, 0.25) is 0 Å². The van der Waals surface area contributed by atoms with Crippen molar-refractivity contribution in [3.8, 4) is 0 Å². The zero-order valence-electron chi connectivity index (χ0n) is 16.0. The minimum atomic E-state index is -4.49. The quantitative estimate of drug-likeness (QED) is 0.701. The normalized spacial score (nSPS) is 34.0. The van der Waals surface area contributed by atoms with Crippen LogP contribution in [0.1, 0.15) is 44.3 Å². The molecule has 0 bridgehead atoms. The average molecular weight is 417 g/mol. The van der Waals surface area contributed by atoms with Crippen molar-refractivity contribution in [3.05, 3.63) is 24.0 Å². The lowest BCUT2D eigenvalue weighted by Crippen LogP contribution is -2.49. The number of hydrogen-bond donors (Lipinski definition) is 0. The minimum Gasteiger partial charge on any atom is -0.453 e. The summed E-state index contributed by atoms with van der Waals surface area (Å²) in [5, 5.41) is 0. The number of halogens is 4. The molecule has 1 aromatic heterocycles. The summed E-state index contributed by atoms with van der Waals surface area (Å²) >= 11 is 0. The number of rotatable bonds is 4. The predicted octanol–water partition coefficient (Wildman–Crippen LogP) is 3.60. The van der Waals surface area contributed by atoms with E-state index in [1.807, 2.05) is 0 Å². The van der Waals surface area contributed by atoms with Crippen LogP contribution in [0.2, 0.25) is 0 Å². The molecule has 1 saturated heterocycles. The molecule has 29 heavy (non-hydrogen) atoms. The number of amides is 1. The molecule has 2 saturated carbocycles. The molecule has 1 aromatic rings. The summed E-state index contributed by atoms with van der Waals surface area (Å²) in [4.78, 5) is 21.0. The van der Waals surface area contributed by atoms with Crippen LogP contribution in [0.15, 0.2) is 12.4 Å². The van der Waals surface area contributed by atoms with Gasteiger partial charge < -0.3 is 9.47 Å². The van der Waals surface area contributed by atoms with Gasteiger partial charge in [0.1, 0.15) is 11.9 Å². The van der Waals surface area contributed by atoms with E-state index in [1.54, 1.807) is 0 Å². The van der Waals surface area contributed by atoms with Gasteiger partial charge in [-0.15, -0.1) is 0 Å². The second-order valence-corrected chi connectivity index (χ2v) is 8.18. The zero-order chi connectivity index (χ0) is 20.8. The monoisotopic (exact) mass is 417 g/mol. The number of fused-ring (bicyclic) bond motifs is 1. The molecule has 2 aliphatic carbocycles. The molecule has 1 amide bonds. The molecule has 3 aliphatic rings. The Hall–Kier alpha value is -1.97. The Morgan fingerprint density at radius 3 is 2.62 bits per heavy atom. The number of alkyl halides is 3. The van der Waals surface area contributed by atoms with Gasteiger partial charge in [-0.3, -0.25) is 4.90 Å². The smallest absolute Gasteiger partial charge is 0.410 e. The summed E-state index contributed by atoms with van der Waals surface area (Å²) < 4.78 is 63.3. The molecule has 0 radical (unpaired) electrons. The number of methoxy groups -OCH3 is 1. The highest BCUT2D eigenvalue weighted by Gasteiger charge is 2.60. The fourth-order valence-electron chi connectivity index (χ4n) is 4.95. The van der Waals surface area contributed by atoms with Crippen molar-refractivity contribution in [1.29, 1.82) is 0 Å². The number of aromatic nitrogens is 2. The lowest BCUT2D eigenvalue weighted by atomic mass is 9.86. The van der Waals surface area contributed by atoms with Gasteiger partial charge in [-0.05, 0) is 44.4 Å². The van der Waals surface area contributed by atoms with Gasteiger partial charge in [-0.25, -0.2) is 19.2 Å². The maximum atomic E-state index is 13.2. The van der Waals surface area contributed by atoms with Crippen molar-refractivity contribution in [2.75, 3.05) is 13.7 Å². The molecule has 0 aromatic carbocycles. The molecule has 5 atom stereocenters. The topological polar surface area (TPSA) is 64.5 Å². The number of ether oxygens (including phenoxy) is 2. The van der Waals surface area contributed by atoms with Gasteiger partial charge in [-0.2, -0.15) is 13.2 Å². The van der Waals surface area contributed by atoms with Crippen molar-refractivity contribution >= 4 is 6.09 Å². The third-order valence-electron chi connectivity index (χ3n) is 6.55. The van der Waals surface area contributed by atoms with Crippen LogP contribution >= 0.6 is 0 Å². The first-order chi connectivity index (χ1) is 13.7. The van der Waals surface area contributed by atoms with Gasteiger partial charge in [-0.1, -0.05) is 0 Å². The summed E-state index contributed by atoms with van der Waals surface area (Å²) in [7, 11) is 1.08. The molecular weight excluding hydrogens is 394 g/mol. The lowest BCUT2D eigenvalue weighted by molar-refractivity contribution is -0.175. The van der Waals surface area contributed by atoms with Crippen LogP contribution in [0.3, 0.4) is 0 Å². The van der Waals surface area contributed by atoms with E-state index >= 15 is 0 Å². The Labute approximate surface area is 165 Å². The van der Waals surface area contributed by atoms with E-state index in [0.29, 0.717) is 11.7 Å². The van der Waals surface area contributed by atoms with E-state index in [4.69, 9.17) is 4.74 Å². The fourth-order valence-corrected chi connectivity index (χ4v) is 4.95. The minimum absolute atomic E-state index is 0.0547. The number of likely N-dealkylation sites (tertiary alicyclic amines) is 1. The maximum absolute atomic E-state index is 13.2. The van der Waals surface area contributed by atoms with Crippen LogP contribution in [-0.2, 0) is 14.9 Å². The van der Waals surface area contributed by atoms with E-state index < -0.39 is 30.2 Å². The molecule has 6 nitrogen and oxygen atoms in total. The summed E-state index contributed by atoms with van der Waals surface area (Å²) in [6.45, 7) is 0.0547. The first kappa shape index (κ1) is 20.3. The second-order valence-electron chi connectivity index (χ2n) is 8.18. The van der Waals surface area contributed by atoms with Crippen LogP contribution in [0.4, 0.5) is 22.4 Å². The van der Waals surface area contributed by atoms with Crippen molar-refractivity contribution in [2.24, 2.45) is 5.92 Å². The molecule has 1 aliphatic heterocycles. The van der Waals surface area contributed by atoms with Crippen LogP contribution < -0.4 is 0 Å². The molecular formula is C19H23F4N3O3. The molecule has 5 unspecified atom stereocenters. The summed E-state index contributed by atoms with van der Waals surface area (Å²) in [5.74, 6) is 0.515. The highest BCUT2D eigenvalue weighted by atomic mass is 19.4. The van der Waals surface area contributed by atoms with Crippen molar-refractivity contribution in [3.63, 3.8) is 0 Å². The summed E-state index contributed by atoms with van der Waals surface area (Å²) in [6.07, 6.45) is 0.0685. The van der Waals surface area contributed by atoms with E-state index in [2.05, 4.69) is 14.7 Å².